The number of ether oxygens (including phenoxy) is 1. The van der Waals surface area contributed by atoms with Crippen molar-refractivity contribution in [1.29, 1.82) is 0 Å². The van der Waals surface area contributed by atoms with Crippen molar-refractivity contribution in [3.63, 3.8) is 0 Å². The lowest BCUT2D eigenvalue weighted by Crippen LogP contribution is -2.26. The van der Waals surface area contributed by atoms with Crippen LogP contribution in [0.1, 0.15) is 91.9 Å². The lowest BCUT2D eigenvalue weighted by molar-refractivity contribution is -0.153. The molecule has 0 heterocycles. The summed E-state index contributed by atoms with van der Waals surface area (Å²) in [5.41, 5.74) is -0.484. The van der Waals surface area contributed by atoms with Gasteiger partial charge >= 0.3 is 5.97 Å². The van der Waals surface area contributed by atoms with Crippen molar-refractivity contribution in [2.45, 2.75) is 91.9 Å². The van der Waals surface area contributed by atoms with Crippen molar-refractivity contribution in [3.8, 4) is 11.8 Å². The predicted octanol–water partition coefficient (Wildman–Crippen LogP) is 5.50. The molecule has 0 aliphatic heterocycles. The van der Waals surface area contributed by atoms with E-state index in [1.54, 1.807) is 0 Å². The van der Waals surface area contributed by atoms with Gasteiger partial charge in [-0.05, 0) is 27.2 Å². The molecule has 2 heteroatoms. The molecule has 0 rings (SSSR count). The van der Waals surface area contributed by atoms with Gasteiger partial charge in [-0.25, -0.2) is 0 Å². The Labute approximate surface area is 132 Å². The first-order chi connectivity index (χ1) is 10.0. The summed E-state index contributed by atoms with van der Waals surface area (Å²) in [5, 5.41) is 0. The average molecular weight is 294 g/mol. The molecule has 0 unspecified atom stereocenters. The van der Waals surface area contributed by atoms with Crippen LogP contribution in [0.15, 0.2) is 0 Å². The summed E-state index contributed by atoms with van der Waals surface area (Å²) in [6, 6.07) is 0. The SMILES string of the molecule is CCCCCCCCCCC#CCC(C)(C)C(=O)OCC. The zero-order valence-corrected chi connectivity index (χ0v) is 14.6. The molecule has 0 fully saturated rings. The van der Waals surface area contributed by atoms with Crippen molar-refractivity contribution in [1.82, 2.24) is 0 Å². The second-order valence-electron chi connectivity index (χ2n) is 6.36. The van der Waals surface area contributed by atoms with Gasteiger partial charge in [-0.3, -0.25) is 4.79 Å². The van der Waals surface area contributed by atoms with Gasteiger partial charge in [-0.2, -0.15) is 0 Å². The van der Waals surface area contributed by atoms with Crippen LogP contribution < -0.4 is 0 Å². The Morgan fingerprint density at radius 3 is 2.05 bits per heavy atom. The zero-order chi connectivity index (χ0) is 16.0. The van der Waals surface area contributed by atoms with Gasteiger partial charge in [0.1, 0.15) is 0 Å². The summed E-state index contributed by atoms with van der Waals surface area (Å²) in [6.45, 7) is 8.32. The normalized spacial score (nSPS) is 10.9. The van der Waals surface area contributed by atoms with E-state index in [2.05, 4.69) is 18.8 Å². The molecule has 0 atom stereocenters. The fourth-order valence-electron chi connectivity index (χ4n) is 2.12. The van der Waals surface area contributed by atoms with Crippen LogP contribution >= 0.6 is 0 Å². The molecule has 0 saturated carbocycles. The number of rotatable bonds is 11. The number of carbonyl (C=O) groups is 1. The average Bonchev–Trinajstić information content (AvgIpc) is 2.45. The summed E-state index contributed by atoms with van der Waals surface area (Å²) in [5.74, 6) is 6.18. The van der Waals surface area contributed by atoms with E-state index in [9.17, 15) is 4.79 Å². The van der Waals surface area contributed by atoms with Crippen molar-refractivity contribution in [2.75, 3.05) is 6.61 Å². The Morgan fingerprint density at radius 2 is 1.48 bits per heavy atom. The van der Waals surface area contributed by atoms with E-state index in [0.29, 0.717) is 13.0 Å². The third kappa shape index (κ3) is 11.4. The summed E-state index contributed by atoms with van der Waals surface area (Å²) in [6.07, 6.45) is 12.2. The molecule has 0 aromatic carbocycles. The highest BCUT2D eigenvalue weighted by Crippen LogP contribution is 2.21. The summed E-state index contributed by atoms with van der Waals surface area (Å²) in [7, 11) is 0. The lowest BCUT2D eigenvalue weighted by Gasteiger charge is -2.18. The van der Waals surface area contributed by atoms with Crippen LogP contribution in [0.2, 0.25) is 0 Å². The van der Waals surface area contributed by atoms with Gasteiger partial charge in [0.15, 0.2) is 0 Å². The summed E-state index contributed by atoms with van der Waals surface area (Å²) >= 11 is 0. The molecular weight excluding hydrogens is 260 g/mol. The summed E-state index contributed by atoms with van der Waals surface area (Å²) in [4.78, 5) is 11.7. The molecular formula is C19H34O2. The number of hydrogen-bond donors (Lipinski definition) is 0. The Bertz CT molecular complexity index is 320. The summed E-state index contributed by atoms with van der Waals surface area (Å²) < 4.78 is 5.05. The first kappa shape index (κ1) is 20.0. The Hall–Kier alpha value is -0.970. The Balaban J connectivity index is 3.59. The van der Waals surface area contributed by atoms with E-state index in [1.807, 2.05) is 20.8 Å². The van der Waals surface area contributed by atoms with Crippen LogP contribution in [0.25, 0.3) is 0 Å². The fraction of sp³-hybridized carbons (Fsp3) is 0.842. The molecule has 122 valence electrons. The largest absolute Gasteiger partial charge is 0.466 e. The van der Waals surface area contributed by atoms with E-state index in [4.69, 9.17) is 4.74 Å². The van der Waals surface area contributed by atoms with Gasteiger partial charge in [0.25, 0.3) is 0 Å². The number of carbonyl (C=O) groups excluding carboxylic acids is 1. The highest BCUT2D eigenvalue weighted by atomic mass is 16.5. The molecule has 0 radical (unpaired) electrons. The van der Waals surface area contributed by atoms with Crippen LogP contribution in [0.5, 0.6) is 0 Å². The van der Waals surface area contributed by atoms with Gasteiger partial charge in [0.2, 0.25) is 0 Å². The zero-order valence-electron chi connectivity index (χ0n) is 14.6. The molecule has 0 N–H and O–H groups in total. The minimum Gasteiger partial charge on any atom is -0.466 e. The van der Waals surface area contributed by atoms with E-state index < -0.39 is 5.41 Å². The monoisotopic (exact) mass is 294 g/mol. The number of esters is 1. The molecule has 0 amide bonds. The first-order valence-corrected chi connectivity index (χ1v) is 8.67. The smallest absolute Gasteiger partial charge is 0.312 e. The second-order valence-corrected chi connectivity index (χ2v) is 6.36. The van der Waals surface area contributed by atoms with Gasteiger partial charge < -0.3 is 4.74 Å². The van der Waals surface area contributed by atoms with Gasteiger partial charge in [-0.1, -0.05) is 51.9 Å². The molecule has 0 aliphatic rings. The van der Waals surface area contributed by atoms with Gasteiger partial charge in [0, 0.05) is 12.8 Å². The second kappa shape index (κ2) is 12.7. The quantitative estimate of drug-likeness (QED) is 0.286. The number of hydrogen-bond acceptors (Lipinski definition) is 2. The highest BCUT2D eigenvalue weighted by Gasteiger charge is 2.27. The van der Waals surface area contributed by atoms with Crippen LogP contribution in [-0.2, 0) is 9.53 Å². The standard InChI is InChI=1S/C19H34O2/c1-5-7-8-9-10-11-12-13-14-15-16-17-19(3,4)18(20)21-6-2/h5-14,17H2,1-4H3. The van der Waals surface area contributed by atoms with Crippen LogP contribution in [0.4, 0.5) is 0 Å². The predicted molar refractivity (Wildman–Crippen MR) is 90.0 cm³/mol. The first-order valence-electron chi connectivity index (χ1n) is 8.67. The lowest BCUT2D eigenvalue weighted by atomic mass is 9.90. The molecule has 0 saturated heterocycles. The molecule has 0 aliphatic carbocycles. The molecule has 2 nitrogen and oxygen atoms in total. The Morgan fingerprint density at radius 1 is 0.905 bits per heavy atom. The fourth-order valence-corrected chi connectivity index (χ4v) is 2.12. The van der Waals surface area contributed by atoms with E-state index >= 15 is 0 Å². The van der Waals surface area contributed by atoms with Gasteiger partial charge in [-0.15, -0.1) is 11.8 Å². The maximum absolute atomic E-state index is 11.7. The number of unbranched alkanes of at least 4 members (excludes halogenated alkanes) is 8. The molecule has 0 bridgehead atoms. The maximum Gasteiger partial charge on any atom is 0.312 e. The Kier molecular flexibility index (Phi) is 12.2. The molecule has 0 spiro atoms. The van der Waals surface area contributed by atoms with Crippen molar-refractivity contribution >= 4 is 5.97 Å². The van der Waals surface area contributed by atoms with Crippen molar-refractivity contribution < 1.29 is 9.53 Å². The van der Waals surface area contributed by atoms with E-state index in [1.165, 1.54) is 51.4 Å². The van der Waals surface area contributed by atoms with Crippen LogP contribution in [0, 0.1) is 17.3 Å². The maximum atomic E-state index is 11.7. The third-order valence-electron chi connectivity index (χ3n) is 3.64. The molecule has 0 aromatic rings. The minimum absolute atomic E-state index is 0.147. The third-order valence-corrected chi connectivity index (χ3v) is 3.64. The van der Waals surface area contributed by atoms with Gasteiger partial charge in [0.05, 0.1) is 12.0 Å². The topological polar surface area (TPSA) is 26.3 Å². The molecule has 21 heavy (non-hydrogen) atoms. The van der Waals surface area contributed by atoms with Crippen molar-refractivity contribution in [2.24, 2.45) is 5.41 Å². The van der Waals surface area contributed by atoms with Crippen LogP contribution in [0.3, 0.4) is 0 Å². The van der Waals surface area contributed by atoms with E-state index in [-0.39, 0.29) is 5.97 Å². The van der Waals surface area contributed by atoms with Crippen LogP contribution in [-0.4, -0.2) is 12.6 Å². The highest BCUT2D eigenvalue weighted by molar-refractivity contribution is 5.76. The van der Waals surface area contributed by atoms with E-state index in [0.717, 1.165) is 6.42 Å². The minimum atomic E-state index is -0.484. The molecule has 0 aromatic heterocycles. The van der Waals surface area contributed by atoms with Crippen molar-refractivity contribution in [3.05, 3.63) is 0 Å².